The van der Waals surface area contributed by atoms with Gasteiger partial charge < -0.3 is 4.90 Å². The predicted octanol–water partition coefficient (Wildman–Crippen LogP) is 17.0. The van der Waals surface area contributed by atoms with Gasteiger partial charge in [-0.25, -0.2) is 0 Å². The van der Waals surface area contributed by atoms with Gasteiger partial charge in [-0.2, -0.15) is 0 Å². The van der Waals surface area contributed by atoms with Crippen LogP contribution in [-0.2, 0) is 0 Å². The molecule has 0 saturated carbocycles. The minimum atomic E-state index is -0.607. The monoisotopic (exact) mass is 786 g/mol. The van der Waals surface area contributed by atoms with Crippen molar-refractivity contribution in [2.75, 3.05) is 4.90 Å². The Hall–Kier alpha value is -8.00. The molecule has 0 aliphatic rings. The van der Waals surface area contributed by atoms with E-state index in [2.05, 4.69) is 0 Å². The second-order valence-corrected chi connectivity index (χ2v) is 14.8. The molecule has 0 aliphatic heterocycles. The van der Waals surface area contributed by atoms with Gasteiger partial charge in [0.2, 0.25) is 0 Å². The van der Waals surface area contributed by atoms with Crippen molar-refractivity contribution in [3.05, 3.63) is 248 Å². The van der Waals surface area contributed by atoms with E-state index >= 15 is 0 Å². The molecule has 0 spiro atoms. The zero-order valence-electron chi connectivity index (χ0n) is 43.8. The Balaban J connectivity index is 1.24. The maximum atomic E-state index is 9.98. The number of hydrogen-bond donors (Lipinski definition) is 0. The van der Waals surface area contributed by atoms with E-state index in [4.69, 9.17) is 0 Å². The molecule has 0 aromatic heterocycles. The molecule has 0 bridgehead atoms. The first-order chi connectivity index (χ1) is 34.9. The molecule has 1 heteroatoms. The number of hydrogen-bond acceptors (Lipinski definition) is 1. The van der Waals surface area contributed by atoms with Gasteiger partial charge in [0.25, 0.3) is 0 Å². The van der Waals surface area contributed by atoms with Crippen molar-refractivity contribution >= 4 is 49.4 Å². The third-order valence-corrected chi connectivity index (χ3v) is 11.1. The highest BCUT2D eigenvalue weighted by Gasteiger charge is 2.20. The van der Waals surface area contributed by atoms with E-state index in [-0.39, 0.29) is 34.0 Å². The molecule has 0 unspecified atom stereocenters. The highest BCUT2D eigenvalue weighted by atomic mass is 15.1. The summed E-state index contributed by atoms with van der Waals surface area (Å²) in [4.78, 5) is 1.07. The van der Waals surface area contributed by atoms with Crippen LogP contribution in [0.5, 0.6) is 0 Å². The molecule has 0 atom stereocenters. The predicted molar refractivity (Wildman–Crippen MR) is 261 cm³/mol. The Morgan fingerprint density at radius 1 is 0.295 bits per heavy atom. The van der Waals surface area contributed by atoms with Crippen molar-refractivity contribution in [3.63, 3.8) is 0 Å². The molecule has 61 heavy (non-hydrogen) atoms. The Morgan fingerprint density at radius 2 is 0.803 bits per heavy atom. The number of anilines is 3. The zero-order chi connectivity index (χ0) is 50.1. The summed E-state index contributed by atoms with van der Waals surface area (Å²) in [5.41, 5.74) is 2.03. The lowest BCUT2D eigenvalue weighted by molar-refractivity contribution is 1.28. The Bertz CT molecular complexity index is 3940. The van der Waals surface area contributed by atoms with Gasteiger partial charge in [0.05, 0.1) is 20.8 Å². The van der Waals surface area contributed by atoms with Crippen LogP contribution in [0.1, 0.15) is 15.1 Å². The fourth-order valence-electron chi connectivity index (χ4n) is 8.14. The summed E-state index contributed by atoms with van der Waals surface area (Å²) in [5.74, 6) is 0. The topological polar surface area (TPSA) is 3.24 Å². The fraction of sp³-hybridized carbons (Fsp3) is 0. The maximum absolute atomic E-state index is 9.98. The summed E-state index contributed by atoms with van der Waals surface area (Å²) >= 11 is 0. The van der Waals surface area contributed by atoms with Crippen molar-refractivity contribution in [2.45, 2.75) is 0 Å². The van der Waals surface area contributed by atoms with Gasteiger partial charge in [-0.05, 0) is 125 Å². The lowest BCUT2D eigenvalue weighted by Gasteiger charge is -2.29. The molecule has 286 valence electrons. The first-order valence-electron chi connectivity index (χ1n) is 25.6. The van der Waals surface area contributed by atoms with Gasteiger partial charge in [0.1, 0.15) is 0 Å². The number of fused-ring (bicyclic) bond motifs is 4. The fourth-order valence-corrected chi connectivity index (χ4v) is 8.14. The maximum Gasteiger partial charge on any atom is 0.0645 e. The lowest BCUT2D eigenvalue weighted by Crippen LogP contribution is -2.11. The van der Waals surface area contributed by atoms with Gasteiger partial charge in [-0.3, -0.25) is 0 Å². The highest BCUT2D eigenvalue weighted by molar-refractivity contribution is 6.08. The number of nitrogens with zero attached hydrogens (tertiary/aromatic N) is 1. The molecular formula is C60H41N. The molecule has 0 aliphatic carbocycles. The van der Waals surface area contributed by atoms with Gasteiger partial charge in [0.15, 0.2) is 0 Å². The van der Waals surface area contributed by atoms with E-state index < -0.39 is 71.8 Å². The van der Waals surface area contributed by atoms with E-state index in [1.165, 1.54) is 0 Å². The minimum absolute atomic E-state index is 0.0143. The average molecular weight is 787 g/mol. The van der Waals surface area contributed by atoms with Crippen LogP contribution >= 0.6 is 0 Å². The van der Waals surface area contributed by atoms with Crippen molar-refractivity contribution in [1.29, 1.82) is 0 Å². The third kappa shape index (κ3) is 6.83. The highest BCUT2D eigenvalue weighted by Crippen LogP contribution is 2.45. The largest absolute Gasteiger partial charge is 0.310 e. The first kappa shape index (κ1) is 26.2. The van der Waals surface area contributed by atoms with E-state index in [0.717, 1.165) is 42.8 Å². The second kappa shape index (κ2) is 15.6. The smallest absolute Gasteiger partial charge is 0.0645 e. The summed E-state index contributed by atoms with van der Waals surface area (Å²) < 4.78 is 108. The standard InChI is InChI=1S/C60H41N/c1-4-14-42(15-5-1)50-32-39-59(58(41-50)44-16-6-2-7-17-44)61(52-33-26-43(27-34-52)49-31-37-55-51(40-49)25-24-45-18-10-12-22-54(45)55)53-35-28-47(29-36-53)57-38-30-46-19-11-13-23-56(46)60(57)48-20-8-3-9-21-48/h1-41H/i26D,27D,28D,29D,32D,33D,34D,35D,36D,39D,41D. The molecule has 0 radical (unpaired) electrons. The van der Waals surface area contributed by atoms with E-state index in [1.807, 2.05) is 109 Å². The van der Waals surface area contributed by atoms with Crippen LogP contribution < -0.4 is 4.90 Å². The second-order valence-electron chi connectivity index (χ2n) is 14.8. The molecule has 0 N–H and O–H groups in total. The molecule has 11 rings (SSSR count). The van der Waals surface area contributed by atoms with E-state index in [0.29, 0.717) is 27.8 Å². The molecular weight excluding hydrogens is 735 g/mol. The molecule has 0 heterocycles. The van der Waals surface area contributed by atoms with Gasteiger partial charge in [-0.15, -0.1) is 0 Å². The zero-order valence-corrected chi connectivity index (χ0v) is 32.8. The Morgan fingerprint density at radius 3 is 1.49 bits per heavy atom. The molecule has 0 fully saturated rings. The van der Waals surface area contributed by atoms with Gasteiger partial charge in [-0.1, -0.05) is 206 Å². The Kier molecular flexibility index (Phi) is 6.71. The van der Waals surface area contributed by atoms with Crippen LogP contribution in [0.15, 0.2) is 248 Å². The molecule has 11 aromatic rings. The number of benzene rings is 11. The molecule has 11 aromatic carbocycles. The third-order valence-electron chi connectivity index (χ3n) is 11.1. The Labute approximate surface area is 372 Å². The van der Waals surface area contributed by atoms with Crippen LogP contribution in [0.4, 0.5) is 17.1 Å². The minimum Gasteiger partial charge on any atom is -0.310 e. The molecule has 1 nitrogen and oxygen atoms in total. The van der Waals surface area contributed by atoms with Crippen LogP contribution in [-0.4, -0.2) is 0 Å². The summed E-state index contributed by atoms with van der Waals surface area (Å²) in [7, 11) is 0. The normalized spacial score (nSPS) is 13.8. The summed E-state index contributed by atoms with van der Waals surface area (Å²) in [6.07, 6.45) is 0. The summed E-state index contributed by atoms with van der Waals surface area (Å²) in [6.45, 7) is 0. The molecule has 0 saturated heterocycles. The number of rotatable bonds is 8. The van der Waals surface area contributed by atoms with Crippen molar-refractivity contribution < 1.29 is 15.1 Å². The van der Waals surface area contributed by atoms with Crippen LogP contribution in [0.25, 0.3) is 88.0 Å². The van der Waals surface area contributed by atoms with Crippen LogP contribution in [0.3, 0.4) is 0 Å². The summed E-state index contributed by atoms with van der Waals surface area (Å²) in [6, 6.07) is 50.2. The van der Waals surface area contributed by atoms with Gasteiger partial charge in [0, 0.05) is 16.9 Å². The van der Waals surface area contributed by atoms with Crippen molar-refractivity contribution in [3.8, 4) is 55.6 Å². The quantitative estimate of drug-likeness (QED) is 0.139. The van der Waals surface area contributed by atoms with Crippen LogP contribution in [0, 0.1) is 0 Å². The van der Waals surface area contributed by atoms with Gasteiger partial charge >= 0.3 is 0 Å². The SMILES string of the molecule is [2H]c1c([2H])c(N(c2c([2H])c([2H])c(-c3ccc4ccccc4c3-c3ccccc3)c([2H])c2[2H])c2c([2H])c([2H])c(-c3ccccc3)c([2H])c2-c2ccccc2)c([2H])c([2H])c1-c1ccc2c(ccc3ccccc32)c1. The average Bonchev–Trinajstić information content (AvgIpc) is 3.41. The summed E-state index contributed by atoms with van der Waals surface area (Å²) in [5, 5.41) is 5.52. The lowest BCUT2D eigenvalue weighted by atomic mass is 9.89. The first-order valence-corrected chi connectivity index (χ1v) is 20.1. The van der Waals surface area contributed by atoms with Crippen LogP contribution in [0.2, 0.25) is 0 Å². The van der Waals surface area contributed by atoms with Crippen molar-refractivity contribution in [1.82, 2.24) is 0 Å². The van der Waals surface area contributed by atoms with E-state index in [9.17, 15) is 15.1 Å². The molecule has 0 amide bonds. The van der Waals surface area contributed by atoms with E-state index in [1.54, 1.807) is 72.8 Å². The van der Waals surface area contributed by atoms with Crippen molar-refractivity contribution in [2.24, 2.45) is 0 Å².